The molecule has 2 aromatic carbocycles. The van der Waals surface area contributed by atoms with Gasteiger partial charge in [0.1, 0.15) is 0 Å². The Labute approximate surface area is 168 Å². The predicted octanol–water partition coefficient (Wildman–Crippen LogP) is 4.74. The molecule has 2 aromatic rings. The number of unbranched alkanes of at least 4 members (excludes halogenated alkanes) is 1. The van der Waals surface area contributed by atoms with E-state index in [-0.39, 0.29) is 10.8 Å². The molecule has 0 aliphatic carbocycles. The van der Waals surface area contributed by atoms with E-state index in [0.29, 0.717) is 23.7 Å². The van der Waals surface area contributed by atoms with Crippen LogP contribution in [0.15, 0.2) is 53.4 Å². The maximum Gasteiger partial charge on any atom is 0.261 e. The number of amides is 1. The van der Waals surface area contributed by atoms with Crippen LogP contribution >= 0.6 is 0 Å². The number of nitrogens with one attached hydrogen (secondary N) is 2. The summed E-state index contributed by atoms with van der Waals surface area (Å²) >= 11 is 0. The van der Waals surface area contributed by atoms with E-state index in [9.17, 15) is 13.2 Å². The van der Waals surface area contributed by atoms with Crippen molar-refractivity contribution in [2.24, 2.45) is 5.92 Å². The molecular weight excluding hydrogens is 372 g/mol. The molecule has 0 saturated carbocycles. The van der Waals surface area contributed by atoms with Crippen molar-refractivity contribution >= 4 is 21.6 Å². The highest BCUT2D eigenvalue weighted by Crippen LogP contribution is 2.18. The van der Waals surface area contributed by atoms with Gasteiger partial charge in [-0.15, -0.1) is 0 Å². The van der Waals surface area contributed by atoms with Gasteiger partial charge >= 0.3 is 0 Å². The summed E-state index contributed by atoms with van der Waals surface area (Å²) in [6.45, 7) is 6.83. The Bertz CT molecular complexity index is 877. The minimum Gasteiger partial charge on any atom is -0.352 e. The topological polar surface area (TPSA) is 75.3 Å². The molecule has 0 aliphatic heterocycles. The summed E-state index contributed by atoms with van der Waals surface area (Å²) in [7, 11) is -3.69. The van der Waals surface area contributed by atoms with Gasteiger partial charge in [0.25, 0.3) is 15.9 Å². The van der Waals surface area contributed by atoms with Gasteiger partial charge in [-0.1, -0.05) is 56.9 Å². The number of sulfonamides is 1. The summed E-state index contributed by atoms with van der Waals surface area (Å²) in [6.07, 6.45) is 4.43. The molecule has 6 heteroatoms. The molecule has 28 heavy (non-hydrogen) atoms. The van der Waals surface area contributed by atoms with Crippen LogP contribution < -0.4 is 10.0 Å². The maximum atomic E-state index is 12.5. The molecule has 0 unspecified atom stereocenters. The Balaban J connectivity index is 2.04. The molecule has 0 aliphatic rings. The van der Waals surface area contributed by atoms with Gasteiger partial charge in [-0.25, -0.2) is 8.42 Å². The monoisotopic (exact) mass is 402 g/mol. The number of benzene rings is 2. The second-order valence-electron chi connectivity index (χ2n) is 7.13. The average Bonchev–Trinajstić information content (AvgIpc) is 2.68. The lowest BCUT2D eigenvalue weighted by molar-refractivity contribution is 0.0946. The van der Waals surface area contributed by atoms with Gasteiger partial charge in [0, 0.05) is 17.8 Å². The zero-order valence-corrected chi connectivity index (χ0v) is 17.7. The van der Waals surface area contributed by atoms with Crippen LogP contribution in [0.2, 0.25) is 0 Å². The predicted molar refractivity (Wildman–Crippen MR) is 114 cm³/mol. The zero-order valence-electron chi connectivity index (χ0n) is 16.9. The molecule has 1 atom stereocenters. The van der Waals surface area contributed by atoms with Gasteiger partial charge < -0.3 is 5.32 Å². The Morgan fingerprint density at radius 3 is 2.43 bits per heavy atom. The summed E-state index contributed by atoms with van der Waals surface area (Å²) in [5.41, 5.74) is 1.79. The third kappa shape index (κ3) is 6.37. The average molecular weight is 403 g/mol. The Hall–Kier alpha value is -2.34. The first kappa shape index (κ1) is 22.0. The molecule has 0 fully saturated rings. The van der Waals surface area contributed by atoms with Crippen molar-refractivity contribution in [3.05, 3.63) is 59.7 Å². The minimum absolute atomic E-state index is 0.189. The fraction of sp³-hybridized carbons (Fsp3) is 0.409. The van der Waals surface area contributed by atoms with Crippen LogP contribution in [0, 0.1) is 12.8 Å². The number of rotatable bonds is 10. The van der Waals surface area contributed by atoms with Crippen molar-refractivity contribution in [2.75, 3.05) is 11.3 Å². The lowest BCUT2D eigenvalue weighted by atomic mass is 9.99. The first-order valence-electron chi connectivity index (χ1n) is 9.83. The summed E-state index contributed by atoms with van der Waals surface area (Å²) in [6, 6.07) is 13.2. The standard InChI is InChI=1S/C22H30N2O3S/c1-4-6-8-18(5-2)16-23-22(25)19-9-7-10-20(15-19)24-28(26,27)21-13-11-17(3)12-14-21/h7,9-15,18,24H,4-6,8,16H2,1-3H3,(H,23,25)/t18-/m0/s1. The minimum atomic E-state index is -3.69. The number of hydrogen-bond donors (Lipinski definition) is 2. The van der Waals surface area contributed by atoms with Gasteiger partial charge in [-0.3, -0.25) is 9.52 Å². The summed E-state index contributed by atoms with van der Waals surface area (Å²) < 4.78 is 27.6. The van der Waals surface area contributed by atoms with E-state index in [1.165, 1.54) is 0 Å². The maximum absolute atomic E-state index is 12.5. The molecule has 152 valence electrons. The quantitative estimate of drug-likeness (QED) is 0.603. The highest BCUT2D eigenvalue weighted by atomic mass is 32.2. The second kappa shape index (κ2) is 10.3. The van der Waals surface area contributed by atoms with E-state index >= 15 is 0 Å². The fourth-order valence-electron chi connectivity index (χ4n) is 2.94. The number of carbonyl (C=O) groups is 1. The van der Waals surface area contributed by atoms with E-state index < -0.39 is 10.0 Å². The van der Waals surface area contributed by atoms with Crippen molar-refractivity contribution in [1.82, 2.24) is 5.32 Å². The van der Waals surface area contributed by atoms with E-state index in [1.807, 2.05) is 6.92 Å². The van der Waals surface area contributed by atoms with Crippen LogP contribution in [0.4, 0.5) is 5.69 Å². The van der Waals surface area contributed by atoms with Gasteiger partial charge in [0.2, 0.25) is 0 Å². The van der Waals surface area contributed by atoms with Crippen molar-refractivity contribution in [3.63, 3.8) is 0 Å². The molecule has 0 bridgehead atoms. The third-order valence-corrected chi connectivity index (χ3v) is 6.20. The van der Waals surface area contributed by atoms with E-state index in [0.717, 1.165) is 31.2 Å². The highest BCUT2D eigenvalue weighted by molar-refractivity contribution is 7.92. The molecule has 5 nitrogen and oxygen atoms in total. The van der Waals surface area contributed by atoms with Crippen molar-refractivity contribution in [3.8, 4) is 0 Å². The first-order valence-corrected chi connectivity index (χ1v) is 11.3. The Morgan fingerprint density at radius 2 is 1.79 bits per heavy atom. The summed E-state index contributed by atoms with van der Waals surface area (Å²) in [5.74, 6) is 0.276. The van der Waals surface area contributed by atoms with Crippen molar-refractivity contribution < 1.29 is 13.2 Å². The molecule has 2 N–H and O–H groups in total. The summed E-state index contributed by atoms with van der Waals surface area (Å²) in [4.78, 5) is 12.7. The molecule has 1 amide bonds. The molecule has 0 heterocycles. The molecule has 0 saturated heterocycles. The van der Waals surface area contributed by atoms with Gasteiger partial charge in [0.05, 0.1) is 4.90 Å². The third-order valence-electron chi connectivity index (χ3n) is 4.80. The first-order chi connectivity index (χ1) is 13.4. The van der Waals surface area contributed by atoms with E-state index in [1.54, 1.807) is 48.5 Å². The van der Waals surface area contributed by atoms with Crippen LogP contribution in [0.5, 0.6) is 0 Å². The number of hydrogen-bond acceptors (Lipinski definition) is 3. The molecule has 2 rings (SSSR count). The fourth-order valence-corrected chi connectivity index (χ4v) is 3.99. The Kier molecular flexibility index (Phi) is 8.05. The number of carbonyl (C=O) groups excluding carboxylic acids is 1. The highest BCUT2D eigenvalue weighted by Gasteiger charge is 2.15. The second-order valence-corrected chi connectivity index (χ2v) is 8.81. The Morgan fingerprint density at radius 1 is 1.07 bits per heavy atom. The largest absolute Gasteiger partial charge is 0.352 e. The van der Waals surface area contributed by atoms with Crippen LogP contribution in [-0.4, -0.2) is 20.9 Å². The molecular formula is C22H30N2O3S. The van der Waals surface area contributed by atoms with Gasteiger partial charge in [-0.05, 0) is 49.6 Å². The smallest absolute Gasteiger partial charge is 0.261 e. The van der Waals surface area contributed by atoms with Crippen LogP contribution in [-0.2, 0) is 10.0 Å². The molecule has 0 aromatic heterocycles. The normalized spacial score (nSPS) is 12.4. The van der Waals surface area contributed by atoms with Crippen molar-refractivity contribution in [2.45, 2.75) is 51.3 Å². The van der Waals surface area contributed by atoms with E-state index in [4.69, 9.17) is 0 Å². The SMILES string of the molecule is CCCC[C@H](CC)CNC(=O)c1cccc(NS(=O)(=O)c2ccc(C)cc2)c1. The molecule has 0 radical (unpaired) electrons. The number of anilines is 1. The van der Waals surface area contributed by atoms with E-state index in [2.05, 4.69) is 23.9 Å². The zero-order chi connectivity index (χ0) is 20.6. The van der Waals surface area contributed by atoms with Crippen LogP contribution in [0.1, 0.15) is 55.5 Å². The lowest BCUT2D eigenvalue weighted by Crippen LogP contribution is -2.29. The van der Waals surface area contributed by atoms with Gasteiger partial charge in [-0.2, -0.15) is 0 Å². The summed E-state index contributed by atoms with van der Waals surface area (Å²) in [5, 5.41) is 2.97. The molecule has 0 spiro atoms. The van der Waals surface area contributed by atoms with Crippen LogP contribution in [0.3, 0.4) is 0 Å². The van der Waals surface area contributed by atoms with Crippen molar-refractivity contribution in [1.29, 1.82) is 0 Å². The van der Waals surface area contributed by atoms with Gasteiger partial charge in [0.15, 0.2) is 0 Å². The van der Waals surface area contributed by atoms with Crippen LogP contribution in [0.25, 0.3) is 0 Å². The lowest BCUT2D eigenvalue weighted by Gasteiger charge is -2.15. The number of aryl methyl sites for hydroxylation is 1.